The first kappa shape index (κ1) is 20.2. The second-order valence-electron chi connectivity index (χ2n) is 9.02. The molecule has 7 nitrogen and oxygen atoms in total. The van der Waals surface area contributed by atoms with Crippen molar-refractivity contribution < 1.29 is 4.79 Å². The lowest BCUT2D eigenvalue weighted by molar-refractivity contribution is -0.121. The highest BCUT2D eigenvalue weighted by Gasteiger charge is 2.42. The first-order valence-corrected chi connectivity index (χ1v) is 10.6. The molecular weight excluding hydrogens is 402 g/mol. The zero-order valence-electron chi connectivity index (χ0n) is 18.9. The number of imidazole rings is 1. The number of pyridine rings is 2. The Bertz CT molecular complexity index is 1420. The van der Waals surface area contributed by atoms with E-state index < -0.39 is 5.41 Å². The number of hydrogen-bond donors (Lipinski definition) is 0. The maximum absolute atomic E-state index is 12.8. The lowest BCUT2D eigenvalue weighted by Gasteiger charge is -2.16. The van der Waals surface area contributed by atoms with E-state index in [1.54, 1.807) is 22.7 Å². The number of carbonyl (C=O) groups is 1. The van der Waals surface area contributed by atoms with E-state index in [1.807, 2.05) is 70.4 Å². The Kier molecular flexibility index (Phi) is 4.34. The van der Waals surface area contributed by atoms with Crippen molar-refractivity contribution in [1.82, 2.24) is 19.1 Å². The van der Waals surface area contributed by atoms with Gasteiger partial charge in [0.15, 0.2) is 0 Å². The monoisotopic (exact) mass is 427 g/mol. The van der Waals surface area contributed by atoms with Gasteiger partial charge in [-0.15, -0.1) is 0 Å². The third-order valence-corrected chi connectivity index (χ3v) is 6.41. The van der Waals surface area contributed by atoms with E-state index in [4.69, 9.17) is 4.98 Å². The molecule has 1 aromatic carbocycles. The zero-order valence-corrected chi connectivity index (χ0v) is 18.9. The third-order valence-electron chi connectivity index (χ3n) is 6.41. The molecule has 3 aromatic heterocycles. The molecule has 0 fully saturated rings. The molecule has 4 aromatic rings. The largest absolute Gasteiger partial charge is 0.318 e. The van der Waals surface area contributed by atoms with Gasteiger partial charge in [0.25, 0.3) is 5.56 Å². The number of fused-ring (bicyclic) bond motifs is 2. The predicted molar refractivity (Wildman–Crippen MR) is 125 cm³/mol. The van der Waals surface area contributed by atoms with E-state index in [-0.39, 0.29) is 11.5 Å². The molecule has 4 heterocycles. The molecule has 0 radical (unpaired) electrons. The van der Waals surface area contributed by atoms with Crippen LogP contribution in [-0.4, -0.2) is 32.1 Å². The van der Waals surface area contributed by atoms with Crippen molar-refractivity contribution in [3.05, 3.63) is 76.0 Å². The van der Waals surface area contributed by atoms with E-state index in [1.165, 1.54) is 0 Å². The lowest BCUT2D eigenvalue weighted by atomic mass is 9.86. The van der Waals surface area contributed by atoms with Gasteiger partial charge in [0.1, 0.15) is 5.82 Å². The number of amides is 1. The average Bonchev–Trinajstić information content (AvgIpc) is 3.20. The van der Waals surface area contributed by atoms with E-state index in [0.717, 1.165) is 39.4 Å². The Morgan fingerprint density at radius 3 is 2.53 bits per heavy atom. The lowest BCUT2D eigenvalue weighted by Crippen LogP contribution is -2.33. The van der Waals surface area contributed by atoms with Crippen molar-refractivity contribution in [2.45, 2.75) is 32.7 Å². The first-order chi connectivity index (χ1) is 15.2. The minimum atomic E-state index is -0.601. The highest BCUT2D eigenvalue weighted by molar-refractivity contribution is 6.09. The van der Waals surface area contributed by atoms with Gasteiger partial charge in [-0.05, 0) is 56.7 Å². The second kappa shape index (κ2) is 6.88. The molecule has 0 aliphatic carbocycles. The number of aromatic nitrogens is 4. The van der Waals surface area contributed by atoms with Crippen molar-refractivity contribution in [2.75, 3.05) is 11.9 Å². The van der Waals surface area contributed by atoms with E-state index in [9.17, 15) is 9.59 Å². The Balaban J connectivity index is 1.80. The summed E-state index contributed by atoms with van der Waals surface area (Å²) in [7, 11) is 3.57. The van der Waals surface area contributed by atoms with Gasteiger partial charge in [0.05, 0.1) is 28.7 Å². The first-order valence-electron chi connectivity index (χ1n) is 10.6. The van der Waals surface area contributed by atoms with Gasteiger partial charge in [-0.1, -0.05) is 6.07 Å². The van der Waals surface area contributed by atoms with Crippen LogP contribution in [0.25, 0.3) is 22.4 Å². The van der Waals surface area contributed by atoms with Crippen LogP contribution in [0.15, 0.2) is 53.6 Å². The summed E-state index contributed by atoms with van der Waals surface area (Å²) in [5.41, 5.74) is 5.42. The van der Waals surface area contributed by atoms with Crippen molar-refractivity contribution >= 4 is 22.6 Å². The fourth-order valence-electron chi connectivity index (χ4n) is 4.62. The van der Waals surface area contributed by atoms with Crippen LogP contribution in [0, 0.1) is 6.92 Å². The third kappa shape index (κ3) is 2.88. The average molecular weight is 428 g/mol. The molecule has 0 saturated heterocycles. The number of carbonyl (C=O) groups excluding carboxylic acids is 1. The molecule has 0 spiro atoms. The van der Waals surface area contributed by atoms with Crippen molar-refractivity contribution in [3.8, 4) is 11.4 Å². The van der Waals surface area contributed by atoms with Gasteiger partial charge in [0, 0.05) is 43.3 Å². The van der Waals surface area contributed by atoms with Crippen LogP contribution in [0.3, 0.4) is 0 Å². The standard InChI is InChI=1S/C25H25N5O2/c1-15-10-16(13-28(4)23(15)31)22-27-19-11-18-20(29(5)24(32)25(18,2)3)12-21(19)30(22)14-17-8-6-7-9-26-17/h6-13H,14H2,1-5H3. The van der Waals surface area contributed by atoms with Gasteiger partial charge in [-0.3, -0.25) is 14.6 Å². The SMILES string of the molecule is Cc1cc(-c2nc3cc4c(cc3n2Cc2ccccn2)N(C)C(=O)C4(C)C)cn(C)c1=O. The summed E-state index contributed by atoms with van der Waals surface area (Å²) in [6, 6.07) is 11.8. The summed E-state index contributed by atoms with van der Waals surface area (Å²) >= 11 is 0. The number of hydrogen-bond acceptors (Lipinski definition) is 4. The number of benzene rings is 1. The quantitative estimate of drug-likeness (QED) is 0.502. The normalized spacial score (nSPS) is 14.9. The molecule has 5 rings (SSSR count). The maximum atomic E-state index is 12.8. The summed E-state index contributed by atoms with van der Waals surface area (Å²) in [4.78, 5) is 36.3. The van der Waals surface area contributed by atoms with Gasteiger partial charge >= 0.3 is 0 Å². The van der Waals surface area contributed by atoms with Crippen LogP contribution in [-0.2, 0) is 23.8 Å². The molecule has 7 heteroatoms. The highest BCUT2D eigenvalue weighted by Crippen LogP contribution is 2.43. The summed E-state index contributed by atoms with van der Waals surface area (Å²) in [6.45, 7) is 6.24. The van der Waals surface area contributed by atoms with Gasteiger partial charge in [-0.2, -0.15) is 0 Å². The Labute approximate surface area is 186 Å². The highest BCUT2D eigenvalue weighted by atomic mass is 16.2. The molecule has 0 unspecified atom stereocenters. The molecule has 0 N–H and O–H groups in total. The van der Waals surface area contributed by atoms with Crippen molar-refractivity contribution in [3.63, 3.8) is 0 Å². The number of aryl methyl sites for hydroxylation is 2. The Hall–Kier alpha value is -3.74. The molecule has 162 valence electrons. The molecule has 1 aliphatic heterocycles. The summed E-state index contributed by atoms with van der Waals surface area (Å²) in [5.74, 6) is 0.838. The van der Waals surface area contributed by atoms with E-state index in [0.29, 0.717) is 12.1 Å². The van der Waals surface area contributed by atoms with Gasteiger partial charge < -0.3 is 14.0 Å². The molecule has 32 heavy (non-hydrogen) atoms. The van der Waals surface area contributed by atoms with Crippen LogP contribution in [0.2, 0.25) is 0 Å². The van der Waals surface area contributed by atoms with E-state index >= 15 is 0 Å². The Morgan fingerprint density at radius 2 is 1.84 bits per heavy atom. The second-order valence-corrected chi connectivity index (χ2v) is 9.02. The van der Waals surface area contributed by atoms with Crippen LogP contribution >= 0.6 is 0 Å². The number of likely N-dealkylation sites (N-methyl/N-ethyl adjacent to an activating group) is 1. The molecule has 1 amide bonds. The zero-order chi connectivity index (χ0) is 22.8. The van der Waals surface area contributed by atoms with Crippen molar-refractivity contribution in [1.29, 1.82) is 0 Å². The topological polar surface area (TPSA) is 73.0 Å². The number of anilines is 1. The molecule has 0 saturated carbocycles. The van der Waals surface area contributed by atoms with Crippen LogP contribution in [0.1, 0.15) is 30.7 Å². The van der Waals surface area contributed by atoms with Gasteiger partial charge in [0.2, 0.25) is 5.91 Å². The molecular formula is C25H25N5O2. The van der Waals surface area contributed by atoms with Crippen LogP contribution in [0.4, 0.5) is 5.69 Å². The molecule has 1 aliphatic rings. The molecule has 0 bridgehead atoms. The number of rotatable bonds is 3. The van der Waals surface area contributed by atoms with Crippen LogP contribution in [0.5, 0.6) is 0 Å². The summed E-state index contributed by atoms with van der Waals surface area (Å²) < 4.78 is 3.70. The van der Waals surface area contributed by atoms with Crippen molar-refractivity contribution in [2.24, 2.45) is 7.05 Å². The fraction of sp³-hybridized carbons (Fsp3) is 0.280. The number of nitrogens with zero attached hydrogens (tertiary/aromatic N) is 5. The Morgan fingerprint density at radius 1 is 1.06 bits per heavy atom. The smallest absolute Gasteiger partial charge is 0.253 e. The van der Waals surface area contributed by atoms with Crippen LogP contribution < -0.4 is 10.5 Å². The molecule has 0 atom stereocenters. The minimum Gasteiger partial charge on any atom is -0.318 e. The minimum absolute atomic E-state index is 0.0259. The summed E-state index contributed by atoms with van der Waals surface area (Å²) in [5, 5.41) is 0. The van der Waals surface area contributed by atoms with Gasteiger partial charge in [-0.25, -0.2) is 4.98 Å². The maximum Gasteiger partial charge on any atom is 0.253 e. The van der Waals surface area contributed by atoms with E-state index in [2.05, 4.69) is 9.55 Å². The predicted octanol–water partition coefficient (Wildman–Crippen LogP) is 3.41. The summed E-state index contributed by atoms with van der Waals surface area (Å²) in [6.07, 6.45) is 3.59. The fourth-order valence-corrected chi connectivity index (χ4v) is 4.62.